The first kappa shape index (κ1) is 38.7. The summed E-state index contributed by atoms with van der Waals surface area (Å²) in [5, 5.41) is 2.82. The number of fused-ring (bicyclic) bond motifs is 4. The monoisotopic (exact) mass is 1030 g/mol. The molecule has 0 N–H and O–H groups in total. The number of hydrogen-bond acceptors (Lipinski definition) is 3. The molecule has 0 aliphatic heterocycles. The fraction of sp³-hybridized carbons (Fsp3) is 0.250. The molecule has 0 saturated heterocycles. The van der Waals surface area contributed by atoms with Crippen LogP contribution in [0.4, 0.5) is 0 Å². The number of rotatable bonds is 9. The van der Waals surface area contributed by atoms with Gasteiger partial charge in [-0.05, 0) is 97.7 Å². The summed E-state index contributed by atoms with van der Waals surface area (Å²) in [4.78, 5) is 9.84. The van der Waals surface area contributed by atoms with Gasteiger partial charge in [-0.3, -0.25) is 4.98 Å². The zero-order valence-corrected chi connectivity index (χ0v) is 41.2. The number of imidazole rings is 1. The van der Waals surface area contributed by atoms with Gasteiger partial charge in [-0.15, -0.1) is 53.6 Å². The largest absolute Gasteiger partial charge is 0.333 e. The average Bonchev–Trinajstić information content (AvgIpc) is 3.87. The number of thiophene rings is 1. The maximum Gasteiger partial charge on any atom is 0.0798 e. The normalized spacial score (nSPS) is 13.4. The van der Waals surface area contributed by atoms with E-state index in [1.807, 2.05) is 74.6 Å². The SMILES string of the molecule is [2H]C([2H])([2H])c1c[c-]c(-c2nc3ccccc3n2-c2c(C(C)C)cc(-c3ccccc3)cc2C(C)C)c2sc3ccccc3c12.[2H]C([2H])(c1cc(-c2[c-]cccc2)ncc1[Si](C)(C)C)C(C)C.[Ir]. The second-order valence-corrected chi connectivity index (χ2v) is 23.8. The molecule has 9 rings (SSSR count). The van der Waals surface area contributed by atoms with Crippen LogP contribution in [0.3, 0.4) is 0 Å². The van der Waals surface area contributed by atoms with E-state index in [1.165, 1.54) is 22.3 Å². The van der Waals surface area contributed by atoms with Crippen molar-refractivity contribution in [3.8, 4) is 39.5 Å². The molecular weight excluding hydrogens is 967 g/mol. The number of aryl methyl sites for hydroxylation is 1. The van der Waals surface area contributed by atoms with Crippen molar-refractivity contribution < 1.29 is 27.0 Å². The van der Waals surface area contributed by atoms with Crippen LogP contribution in [0.5, 0.6) is 0 Å². The van der Waals surface area contributed by atoms with Crippen LogP contribution in [0, 0.1) is 24.9 Å². The van der Waals surface area contributed by atoms with Gasteiger partial charge >= 0.3 is 0 Å². The molecule has 0 saturated carbocycles. The minimum absolute atomic E-state index is 0. The van der Waals surface area contributed by atoms with Crippen molar-refractivity contribution in [3.63, 3.8) is 0 Å². The molecular formula is C56H57IrN3SSi-2. The third-order valence-corrected chi connectivity index (χ3v) is 14.3. The van der Waals surface area contributed by atoms with Gasteiger partial charge in [0.1, 0.15) is 0 Å². The fourth-order valence-electron chi connectivity index (χ4n) is 8.16. The first-order valence-electron chi connectivity index (χ1n) is 23.8. The molecule has 0 fully saturated rings. The number of aromatic nitrogens is 3. The van der Waals surface area contributed by atoms with Crippen molar-refractivity contribution in [3.05, 3.63) is 168 Å². The zero-order chi connectivity index (χ0) is 47.3. The van der Waals surface area contributed by atoms with Gasteiger partial charge in [0.2, 0.25) is 0 Å². The second-order valence-electron chi connectivity index (χ2n) is 17.8. The summed E-state index contributed by atoms with van der Waals surface area (Å²) in [5.74, 6) is 1.17. The molecule has 317 valence electrons. The minimum atomic E-state index is -2.26. The molecule has 0 atom stereocenters. The molecule has 62 heavy (non-hydrogen) atoms. The predicted molar refractivity (Wildman–Crippen MR) is 267 cm³/mol. The predicted octanol–water partition coefficient (Wildman–Crippen LogP) is 15.4. The Morgan fingerprint density at radius 1 is 0.774 bits per heavy atom. The molecule has 0 aliphatic carbocycles. The minimum Gasteiger partial charge on any atom is -0.333 e. The topological polar surface area (TPSA) is 30.7 Å². The van der Waals surface area contributed by atoms with Crippen molar-refractivity contribution in [2.45, 2.75) is 86.2 Å². The Balaban J connectivity index is 0.000000245. The molecule has 0 amide bonds. The van der Waals surface area contributed by atoms with Crippen LogP contribution in [0.1, 0.15) is 82.5 Å². The van der Waals surface area contributed by atoms with Crippen LogP contribution in [0.25, 0.3) is 70.7 Å². The van der Waals surface area contributed by atoms with Gasteiger partial charge in [-0.1, -0.05) is 151 Å². The number of benzene rings is 6. The third-order valence-electron chi connectivity index (χ3n) is 11.1. The zero-order valence-electron chi connectivity index (χ0n) is 42.0. The van der Waals surface area contributed by atoms with E-state index >= 15 is 0 Å². The van der Waals surface area contributed by atoms with Gasteiger partial charge < -0.3 is 9.55 Å². The van der Waals surface area contributed by atoms with Gasteiger partial charge in [0, 0.05) is 43.5 Å². The number of para-hydroxylation sites is 2. The van der Waals surface area contributed by atoms with Crippen LogP contribution in [-0.4, -0.2) is 22.6 Å². The Hall–Kier alpha value is -4.97. The Kier molecular flexibility index (Phi) is 11.7. The van der Waals surface area contributed by atoms with Gasteiger partial charge in [-0.25, -0.2) is 0 Å². The average molecular weight is 1030 g/mol. The van der Waals surface area contributed by atoms with Crippen LogP contribution in [0.2, 0.25) is 19.6 Å². The molecule has 1 radical (unpaired) electrons. The third kappa shape index (κ3) is 9.08. The van der Waals surface area contributed by atoms with E-state index in [2.05, 4.69) is 136 Å². The van der Waals surface area contributed by atoms with Crippen LogP contribution < -0.4 is 5.19 Å². The Bertz CT molecular complexity index is 3160. The van der Waals surface area contributed by atoms with E-state index in [1.54, 1.807) is 17.4 Å². The first-order valence-corrected chi connectivity index (χ1v) is 25.6. The van der Waals surface area contributed by atoms with Crippen LogP contribution >= 0.6 is 11.3 Å². The summed E-state index contributed by atoms with van der Waals surface area (Å²) in [5.41, 5.74) is 11.6. The number of pyridine rings is 1. The summed E-state index contributed by atoms with van der Waals surface area (Å²) in [6, 6.07) is 49.5. The van der Waals surface area contributed by atoms with Gasteiger partial charge in [0.15, 0.2) is 0 Å². The molecule has 3 heterocycles. The quantitative estimate of drug-likeness (QED) is 0.107. The van der Waals surface area contributed by atoms with E-state index in [0.29, 0.717) is 5.56 Å². The molecule has 0 aliphatic rings. The van der Waals surface area contributed by atoms with Gasteiger partial charge in [-0.2, -0.15) is 11.3 Å². The summed E-state index contributed by atoms with van der Waals surface area (Å²) >= 11 is 1.61. The molecule has 6 aromatic carbocycles. The standard InChI is InChI=1S/C38H33N2S.C18H24NSi.Ir/c1-23(2)30-21-27(26-13-7-6-8-14-26)22-31(24(3)4)36(30)40-33-17-11-10-16-32(33)39-38(40)29-20-19-25(5)35-28-15-9-12-18-34(28)41-37(29)35;1-14(2)11-16-12-17(15-9-7-6-8-10-15)19-13-18(16)20(3,4)5;/h6-19,21-24H,1-5H3;6-9,12-14H,11H2,1-5H3;/q2*-1;/i5D3;11D2;. The summed E-state index contributed by atoms with van der Waals surface area (Å²) < 4.78 is 46.4. The maximum atomic E-state index is 8.55. The van der Waals surface area contributed by atoms with E-state index in [-0.39, 0.29) is 37.9 Å². The summed E-state index contributed by atoms with van der Waals surface area (Å²) in [7, 11) is -1.67. The van der Waals surface area contributed by atoms with Crippen molar-refractivity contribution in [2.75, 3.05) is 0 Å². The molecule has 6 heteroatoms. The van der Waals surface area contributed by atoms with Gasteiger partial charge in [0.05, 0.1) is 24.9 Å². The van der Waals surface area contributed by atoms with Crippen molar-refractivity contribution in [1.82, 2.24) is 14.5 Å². The van der Waals surface area contributed by atoms with E-state index in [0.717, 1.165) is 70.3 Å². The Labute approximate surface area is 394 Å². The van der Waals surface area contributed by atoms with E-state index in [9.17, 15) is 0 Å². The fourth-order valence-corrected chi connectivity index (χ4v) is 10.8. The molecule has 3 nitrogen and oxygen atoms in total. The molecule has 0 spiro atoms. The van der Waals surface area contributed by atoms with Crippen LogP contribution in [-0.2, 0) is 26.5 Å². The number of nitrogens with zero attached hydrogens (tertiary/aromatic N) is 3. The van der Waals surface area contributed by atoms with E-state index < -0.39 is 21.3 Å². The molecule has 9 aromatic rings. The number of hydrogen-bond donors (Lipinski definition) is 0. The molecule has 0 bridgehead atoms. The summed E-state index contributed by atoms with van der Waals surface area (Å²) in [6.45, 7) is 17.3. The smallest absolute Gasteiger partial charge is 0.0798 e. The summed E-state index contributed by atoms with van der Waals surface area (Å²) in [6.07, 6.45) is 0.528. The van der Waals surface area contributed by atoms with Crippen molar-refractivity contribution in [2.24, 2.45) is 5.92 Å². The van der Waals surface area contributed by atoms with Gasteiger partial charge in [0.25, 0.3) is 0 Å². The van der Waals surface area contributed by atoms with Crippen molar-refractivity contribution >= 4 is 55.8 Å². The van der Waals surface area contributed by atoms with Crippen molar-refractivity contribution in [1.29, 1.82) is 0 Å². The molecule has 0 unspecified atom stereocenters. The molecule has 3 aromatic heterocycles. The van der Waals surface area contributed by atoms with E-state index in [4.69, 9.17) is 11.8 Å². The Morgan fingerprint density at radius 3 is 2.11 bits per heavy atom. The first-order chi connectivity index (χ1) is 31.3. The van der Waals surface area contributed by atoms with Crippen LogP contribution in [0.15, 0.2) is 134 Å². The second kappa shape index (κ2) is 18.8. The Morgan fingerprint density at radius 2 is 1.45 bits per heavy atom. The maximum absolute atomic E-state index is 8.55.